The molecule has 3 aromatic rings. The number of aryl methyl sites for hydroxylation is 1. The first-order chi connectivity index (χ1) is 10.1. The van der Waals surface area contributed by atoms with Crippen LogP contribution in [0, 0.1) is 5.82 Å². The van der Waals surface area contributed by atoms with Gasteiger partial charge in [-0.3, -0.25) is 4.79 Å². The Morgan fingerprint density at radius 3 is 2.81 bits per heavy atom. The van der Waals surface area contributed by atoms with Crippen molar-refractivity contribution >= 4 is 16.7 Å². The second-order valence-corrected chi connectivity index (χ2v) is 4.56. The van der Waals surface area contributed by atoms with Crippen molar-refractivity contribution in [3.8, 4) is 0 Å². The van der Waals surface area contributed by atoms with Crippen LogP contribution in [0.15, 0.2) is 35.3 Å². The Kier molecular flexibility index (Phi) is 3.35. The lowest BCUT2D eigenvalue weighted by atomic mass is 10.3. The number of fused-ring (bicyclic) bond motifs is 1. The normalized spacial score (nSPS) is 11.0. The molecule has 0 aliphatic carbocycles. The predicted molar refractivity (Wildman–Crippen MR) is 75.5 cm³/mol. The van der Waals surface area contributed by atoms with E-state index in [1.165, 1.54) is 27.7 Å². The van der Waals surface area contributed by atoms with Crippen LogP contribution in [0.3, 0.4) is 0 Å². The van der Waals surface area contributed by atoms with Crippen molar-refractivity contribution in [2.24, 2.45) is 7.05 Å². The van der Waals surface area contributed by atoms with Crippen LogP contribution in [-0.2, 0) is 13.6 Å². The third-order valence-electron chi connectivity index (χ3n) is 3.12. The summed E-state index contributed by atoms with van der Waals surface area (Å²) in [6.45, 7) is 0.833. The van der Waals surface area contributed by atoms with E-state index < -0.39 is 0 Å². The van der Waals surface area contributed by atoms with Crippen LogP contribution in [0.4, 0.5) is 10.1 Å². The topological polar surface area (TPSA) is 77.6 Å². The maximum absolute atomic E-state index is 12.8. The maximum atomic E-state index is 12.8. The van der Waals surface area contributed by atoms with E-state index in [0.29, 0.717) is 24.1 Å². The van der Waals surface area contributed by atoms with Crippen LogP contribution in [0.2, 0.25) is 0 Å². The molecule has 108 valence electrons. The molecule has 1 N–H and O–H groups in total. The number of benzene rings is 1. The van der Waals surface area contributed by atoms with Crippen molar-refractivity contribution in [2.75, 3.05) is 11.9 Å². The highest BCUT2D eigenvalue weighted by Gasteiger charge is 2.08. The number of nitrogens with one attached hydrogen (secondary N) is 1. The molecule has 21 heavy (non-hydrogen) atoms. The largest absolute Gasteiger partial charge is 0.383 e. The molecule has 0 amide bonds. The Hall–Kier alpha value is -2.77. The summed E-state index contributed by atoms with van der Waals surface area (Å²) in [4.78, 5) is 12.2. The Bertz CT molecular complexity index is 823. The lowest BCUT2D eigenvalue weighted by molar-refractivity contribution is 0.562. The molecule has 0 aliphatic heterocycles. The number of hydrogen-bond donors (Lipinski definition) is 1. The number of anilines is 1. The number of rotatable bonds is 4. The van der Waals surface area contributed by atoms with Gasteiger partial charge in [0.25, 0.3) is 5.56 Å². The van der Waals surface area contributed by atoms with Crippen LogP contribution in [0.25, 0.3) is 11.0 Å². The van der Waals surface area contributed by atoms with E-state index in [4.69, 9.17) is 0 Å². The molecule has 0 saturated carbocycles. The van der Waals surface area contributed by atoms with Gasteiger partial charge >= 0.3 is 0 Å². The van der Waals surface area contributed by atoms with Crippen LogP contribution in [0.5, 0.6) is 0 Å². The van der Waals surface area contributed by atoms with Crippen LogP contribution in [-0.4, -0.2) is 31.3 Å². The highest BCUT2D eigenvalue weighted by atomic mass is 19.1. The summed E-state index contributed by atoms with van der Waals surface area (Å²) in [5.74, 6) is -0.287. The monoisotopic (exact) mass is 288 g/mol. The molecule has 0 radical (unpaired) electrons. The summed E-state index contributed by atoms with van der Waals surface area (Å²) in [5.41, 5.74) is 1.01. The molecule has 0 aliphatic rings. The minimum atomic E-state index is -0.287. The van der Waals surface area contributed by atoms with Gasteiger partial charge in [-0.1, -0.05) is 5.21 Å². The third-order valence-corrected chi connectivity index (χ3v) is 3.12. The van der Waals surface area contributed by atoms with Gasteiger partial charge in [-0.05, 0) is 24.3 Å². The van der Waals surface area contributed by atoms with Crippen molar-refractivity contribution in [1.82, 2.24) is 24.8 Å². The van der Waals surface area contributed by atoms with Crippen molar-refractivity contribution < 1.29 is 4.39 Å². The molecule has 0 bridgehead atoms. The first-order valence-electron chi connectivity index (χ1n) is 6.40. The minimum absolute atomic E-state index is 0.228. The van der Waals surface area contributed by atoms with E-state index in [0.717, 1.165) is 5.69 Å². The number of hydrogen-bond acceptors (Lipinski definition) is 5. The molecule has 7 nitrogen and oxygen atoms in total. The first-order valence-corrected chi connectivity index (χ1v) is 6.40. The average molecular weight is 288 g/mol. The van der Waals surface area contributed by atoms with Crippen molar-refractivity contribution in [3.05, 3.63) is 46.6 Å². The van der Waals surface area contributed by atoms with E-state index in [-0.39, 0.29) is 11.4 Å². The number of halogens is 1. The Morgan fingerprint density at radius 1 is 1.29 bits per heavy atom. The molecule has 0 unspecified atom stereocenters. The van der Waals surface area contributed by atoms with Gasteiger partial charge in [-0.25, -0.2) is 13.8 Å². The zero-order valence-electron chi connectivity index (χ0n) is 11.3. The first kappa shape index (κ1) is 13.2. The summed E-state index contributed by atoms with van der Waals surface area (Å²) in [6.07, 6.45) is 1.48. The molecule has 0 spiro atoms. The van der Waals surface area contributed by atoms with E-state index in [2.05, 4.69) is 20.7 Å². The van der Waals surface area contributed by atoms with Gasteiger partial charge in [0.2, 0.25) is 0 Å². The summed E-state index contributed by atoms with van der Waals surface area (Å²) in [6, 6.07) is 6.01. The van der Waals surface area contributed by atoms with Gasteiger partial charge in [0, 0.05) is 19.3 Å². The zero-order chi connectivity index (χ0) is 14.8. The van der Waals surface area contributed by atoms with Crippen molar-refractivity contribution in [2.45, 2.75) is 6.54 Å². The molecule has 3 rings (SSSR count). The highest BCUT2D eigenvalue weighted by molar-refractivity contribution is 5.72. The number of aromatic nitrogens is 5. The van der Waals surface area contributed by atoms with E-state index in [9.17, 15) is 9.18 Å². The highest BCUT2D eigenvalue weighted by Crippen LogP contribution is 2.07. The van der Waals surface area contributed by atoms with Gasteiger partial charge in [0.15, 0.2) is 5.65 Å². The fourth-order valence-corrected chi connectivity index (χ4v) is 2.00. The summed E-state index contributed by atoms with van der Waals surface area (Å²) in [7, 11) is 1.71. The predicted octanol–water partition coefficient (Wildman–Crippen LogP) is 0.776. The Labute approximate surface area is 119 Å². The van der Waals surface area contributed by atoms with E-state index >= 15 is 0 Å². The van der Waals surface area contributed by atoms with Gasteiger partial charge in [0.1, 0.15) is 11.2 Å². The van der Waals surface area contributed by atoms with Crippen molar-refractivity contribution in [1.29, 1.82) is 0 Å². The van der Waals surface area contributed by atoms with Crippen molar-refractivity contribution in [3.63, 3.8) is 0 Å². The standard InChI is InChI=1S/C13H13FN6O/c1-19-12-11(8-16-19)13(21)20(18-17-12)7-6-15-10-4-2-9(14)3-5-10/h2-5,8,15H,6-7H2,1H3. The smallest absolute Gasteiger partial charge is 0.280 e. The van der Waals surface area contributed by atoms with Gasteiger partial charge in [-0.15, -0.1) is 5.10 Å². The van der Waals surface area contributed by atoms with Gasteiger partial charge in [0.05, 0.1) is 12.7 Å². The Balaban J connectivity index is 1.72. The van der Waals surface area contributed by atoms with Crippen LogP contribution < -0.4 is 10.9 Å². The molecule has 8 heteroatoms. The second-order valence-electron chi connectivity index (χ2n) is 4.56. The summed E-state index contributed by atoms with van der Waals surface area (Å²) >= 11 is 0. The SMILES string of the molecule is Cn1ncc2c(=O)n(CCNc3ccc(F)cc3)nnc21. The zero-order valence-corrected chi connectivity index (χ0v) is 11.3. The Morgan fingerprint density at radius 2 is 2.05 bits per heavy atom. The number of nitrogens with zero attached hydrogens (tertiary/aromatic N) is 5. The molecular weight excluding hydrogens is 275 g/mol. The molecule has 1 aromatic carbocycles. The maximum Gasteiger partial charge on any atom is 0.280 e. The second kappa shape index (κ2) is 5.31. The molecule has 0 atom stereocenters. The van der Waals surface area contributed by atoms with Crippen LogP contribution >= 0.6 is 0 Å². The molecule has 0 saturated heterocycles. The van der Waals surface area contributed by atoms with E-state index in [1.807, 2.05) is 0 Å². The summed E-state index contributed by atoms with van der Waals surface area (Å²) < 4.78 is 15.6. The van der Waals surface area contributed by atoms with Gasteiger partial charge < -0.3 is 5.32 Å². The molecule has 0 fully saturated rings. The lowest BCUT2D eigenvalue weighted by Gasteiger charge is -2.07. The summed E-state index contributed by atoms with van der Waals surface area (Å²) in [5, 5.41) is 15.4. The average Bonchev–Trinajstić information content (AvgIpc) is 2.86. The lowest BCUT2D eigenvalue weighted by Crippen LogP contribution is -2.27. The third kappa shape index (κ3) is 2.60. The van der Waals surface area contributed by atoms with Crippen LogP contribution in [0.1, 0.15) is 0 Å². The van der Waals surface area contributed by atoms with E-state index in [1.54, 1.807) is 19.2 Å². The minimum Gasteiger partial charge on any atom is -0.383 e. The molecule has 2 aromatic heterocycles. The fourth-order valence-electron chi connectivity index (χ4n) is 2.00. The van der Waals surface area contributed by atoms with Gasteiger partial charge in [-0.2, -0.15) is 5.10 Å². The molecular formula is C13H13FN6O. The molecule has 2 heterocycles. The quantitative estimate of drug-likeness (QED) is 0.767. The fraction of sp³-hybridized carbons (Fsp3) is 0.231.